The van der Waals surface area contributed by atoms with Crippen LogP contribution in [0.25, 0.3) is 0 Å². The van der Waals surface area contributed by atoms with E-state index in [4.69, 9.17) is 17.3 Å². The highest BCUT2D eigenvalue weighted by molar-refractivity contribution is 7.86. The maximum atomic E-state index is 13.9. The first-order chi connectivity index (χ1) is 22.2. The Morgan fingerprint density at radius 2 is 1.23 bits per heavy atom. The zero-order chi connectivity index (χ0) is 33.7. The standard InChI is InChI=1S/C29H44ClN7O8S2/c30-27-35-28(33-14-6-2-1-3-7-14)37-29(36-27)34-18-11-10-15(12-20(18)46(40,41)42)32-19-13-21(47(43,44)45)24(31)23-22(19)25(38)16-8-4-5-9-17(16)26(23)39/h14-24,32H,1-13,31H2,(H,40,41,42)(H,43,44,45)(H2,33,34,35,36,37). The number of fused-ring (bicyclic) bond motifs is 2. The van der Waals surface area contributed by atoms with E-state index in [2.05, 4.69) is 30.9 Å². The summed E-state index contributed by atoms with van der Waals surface area (Å²) < 4.78 is 70.7. The molecule has 0 amide bonds. The van der Waals surface area contributed by atoms with Crippen LogP contribution in [-0.4, -0.2) is 93.2 Å². The molecule has 15 nitrogen and oxygen atoms in total. The molecule has 10 unspecified atom stereocenters. The Bertz CT molecular complexity index is 1580. The van der Waals surface area contributed by atoms with E-state index in [1.807, 2.05) is 0 Å². The number of hydrogen-bond donors (Lipinski definition) is 6. The minimum absolute atomic E-state index is 0.0572. The fourth-order valence-corrected chi connectivity index (χ4v) is 11.2. The summed E-state index contributed by atoms with van der Waals surface area (Å²) in [5.41, 5.74) is 6.34. The van der Waals surface area contributed by atoms with Crippen LogP contribution in [0.1, 0.15) is 83.5 Å². The quantitative estimate of drug-likeness (QED) is 0.211. The number of ketones is 2. The summed E-state index contributed by atoms with van der Waals surface area (Å²) in [6, 6.07) is -3.28. The number of carbonyl (C=O) groups is 2. The molecule has 5 fully saturated rings. The van der Waals surface area contributed by atoms with E-state index in [-0.39, 0.29) is 54.1 Å². The van der Waals surface area contributed by atoms with Gasteiger partial charge in [0.15, 0.2) is 0 Å². The molecule has 5 saturated carbocycles. The number of hydrogen-bond acceptors (Lipinski definition) is 13. The highest BCUT2D eigenvalue weighted by Crippen LogP contribution is 2.47. The van der Waals surface area contributed by atoms with Crippen molar-refractivity contribution in [2.45, 2.75) is 124 Å². The molecule has 0 saturated heterocycles. The molecule has 1 aromatic heterocycles. The molecule has 47 heavy (non-hydrogen) atoms. The second kappa shape index (κ2) is 13.7. The van der Waals surface area contributed by atoms with Crippen LogP contribution in [0.4, 0.5) is 11.9 Å². The van der Waals surface area contributed by atoms with E-state index in [0.29, 0.717) is 19.3 Å². The lowest BCUT2D eigenvalue weighted by molar-refractivity contribution is -0.153. The maximum absolute atomic E-state index is 13.9. The van der Waals surface area contributed by atoms with Crippen molar-refractivity contribution in [2.75, 3.05) is 10.6 Å². The van der Waals surface area contributed by atoms with Gasteiger partial charge in [-0.15, -0.1) is 0 Å². The van der Waals surface area contributed by atoms with E-state index in [1.54, 1.807) is 0 Å². The van der Waals surface area contributed by atoms with Gasteiger partial charge in [-0.25, -0.2) is 0 Å². The third-order valence-electron chi connectivity index (χ3n) is 11.2. The van der Waals surface area contributed by atoms with Gasteiger partial charge in [-0.3, -0.25) is 18.7 Å². The molecule has 0 bridgehead atoms. The molecular weight excluding hydrogens is 674 g/mol. The Morgan fingerprint density at radius 3 is 1.85 bits per heavy atom. The summed E-state index contributed by atoms with van der Waals surface area (Å²) in [5.74, 6) is -3.01. The Hall–Kier alpha value is -2.02. The van der Waals surface area contributed by atoms with Crippen molar-refractivity contribution in [1.82, 2.24) is 20.3 Å². The highest BCUT2D eigenvalue weighted by atomic mass is 35.5. The topological polar surface area (TPSA) is 244 Å². The van der Waals surface area contributed by atoms with Gasteiger partial charge >= 0.3 is 0 Å². The minimum Gasteiger partial charge on any atom is -0.351 e. The lowest BCUT2D eigenvalue weighted by Crippen LogP contribution is -2.68. The molecule has 5 aliphatic rings. The van der Waals surface area contributed by atoms with Gasteiger partial charge in [0, 0.05) is 53.9 Å². The Morgan fingerprint density at radius 1 is 0.660 bits per heavy atom. The van der Waals surface area contributed by atoms with Gasteiger partial charge in [-0.1, -0.05) is 32.1 Å². The molecule has 1 aromatic rings. The molecule has 0 spiro atoms. The van der Waals surface area contributed by atoms with Gasteiger partial charge in [0.05, 0.1) is 0 Å². The molecule has 10 atom stereocenters. The smallest absolute Gasteiger partial charge is 0.269 e. The van der Waals surface area contributed by atoms with Crippen molar-refractivity contribution in [2.24, 2.45) is 29.4 Å². The average Bonchev–Trinajstić information content (AvgIpc) is 3.00. The minimum atomic E-state index is -4.67. The van der Waals surface area contributed by atoms with Crippen molar-refractivity contribution < 1.29 is 35.5 Å². The van der Waals surface area contributed by atoms with Crippen LogP contribution in [0.5, 0.6) is 0 Å². The van der Waals surface area contributed by atoms with Crippen LogP contribution in [0.3, 0.4) is 0 Å². The molecule has 1 heterocycles. The molecule has 0 aromatic carbocycles. The first kappa shape index (κ1) is 34.8. The van der Waals surface area contributed by atoms with Gasteiger partial charge in [0.25, 0.3) is 20.2 Å². The van der Waals surface area contributed by atoms with Crippen LogP contribution in [0, 0.1) is 23.7 Å². The van der Waals surface area contributed by atoms with Gasteiger partial charge in [0.1, 0.15) is 22.1 Å². The van der Waals surface area contributed by atoms with Gasteiger partial charge in [-0.05, 0) is 63.0 Å². The van der Waals surface area contributed by atoms with Crippen molar-refractivity contribution in [1.29, 1.82) is 0 Å². The van der Waals surface area contributed by atoms with Crippen LogP contribution in [0.15, 0.2) is 0 Å². The van der Waals surface area contributed by atoms with E-state index >= 15 is 0 Å². The van der Waals surface area contributed by atoms with E-state index in [0.717, 1.165) is 38.5 Å². The summed E-state index contributed by atoms with van der Waals surface area (Å²) in [5, 5.41) is 6.72. The van der Waals surface area contributed by atoms with Crippen LogP contribution >= 0.6 is 11.6 Å². The first-order valence-corrected chi connectivity index (χ1v) is 20.1. The van der Waals surface area contributed by atoms with Crippen LogP contribution < -0.4 is 21.7 Å². The van der Waals surface area contributed by atoms with Gasteiger partial charge < -0.3 is 21.7 Å². The van der Waals surface area contributed by atoms with Crippen LogP contribution in [0.2, 0.25) is 5.28 Å². The van der Waals surface area contributed by atoms with Gasteiger partial charge in [0.2, 0.25) is 17.2 Å². The van der Waals surface area contributed by atoms with Crippen LogP contribution in [-0.2, 0) is 29.8 Å². The summed E-state index contributed by atoms with van der Waals surface area (Å²) in [6.45, 7) is 0. The number of aromatic nitrogens is 3. The predicted octanol–water partition coefficient (Wildman–Crippen LogP) is 2.00. The first-order valence-electron chi connectivity index (χ1n) is 16.7. The third kappa shape index (κ3) is 7.45. The SMILES string of the molecule is NC1C2C(=O)C3CCCCC3C(=O)C2C(NC2CCC(Nc3nc(Cl)nc(NC4CCCCC4)n3)C(S(=O)(=O)O)C2)CC1S(=O)(=O)O. The molecular formula is C29H44ClN7O8S2. The van der Waals surface area contributed by atoms with E-state index < -0.39 is 78.6 Å². The Balaban J connectivity index is 1.20. The number of Topliss-reactive ketones (excluding diaryl/α,β-unsaturated/α-hetero) is 2. The normalized spacial score (nSPS) is 37.1. The maximum Gasteiger partial charge on any atom is 0.269 e. The molecule has 18 heteroatoms. The highest BCUT2D eigenvalue weighted by Gasteiger charge is 2.59. The van der Waals surface area contributed by atoms with Crippen molar-refractivity contribution in [3.8, 4) is 0 Å². The number of anilines is 2. The van der Waals surface area contributed by atoms with Crippen molar-refractivity contribution in [3.63, 3.8) is 0 Å². The number of halogens is 1. The molecule has 262 valence electrons. The summed E-state index contributed by atoms with van der Waals surface area (Å²) in [7, 11) is -9.29. The Kier molecular flexibility index (Phi) is 10.2. The summed E-state index contributed by atoms with van der Waals surface area (Å²) >= 11 is 6.18. The zero-order valence-electron chi connectivity index (χ0n) is 26.0. The van der Waals surface area contributed by atoms with Gasteiger partial charge in [-0.2, -0.15) is 31.8 Å². The number of nitrogens with two attached hydrogens (primary N) is 1. The molecule has 0 aliphatic heterocycles. The van der Waals surface area contributed by atoms with Crippen molar-refractivity contribution in [3.05, 3.63) is 5.28 Å². The number of nitrogens with one attached hydrogen (secondary N) is 3. The fraction of sp³-hybridized carbons (Fsp3) is 0.828. The second-order valence-corrected chi connectivity index (χ2v) is 17.6. The molecule has 5 aliphatic carbocycles. The lowest BCUT2D eigenvalue weighted by atomic mass is 9.56. The molecule has 7 N–H and O–H groups in total. The largest absolute Gasteiger partial charge is 0.351 e. The summed E-state index contributed by atoms with van der Waals surface area (Å²) in [6.07, 6.45) is 8.30. The van der Waals surface area contributed by atoms with E-state index in [9.17, 15) is 35.5 Å². The second-order valence-electron chi connectivity index (χ2n) is 14.0. The van der Waals surface area contributed by atoms with Crippen molar-refractivity contribution >= 4 is 55.3 Å². The molecule has 6 rings (SSSR count). The monoisotopic (exact) mass is 717 g/mol. The lowest BCUT2D eigenvalue weighted by Gasteiger charge is -2.51. The fourth-order valence-electron chi connectivity index (χ4n) is 8.97. The third-order valence-corrected chi connectivity index (χ3v) is 13.9. The Labute approximate surface area is 279 Å². The number of rotatable bonds is 8. The predicted molar refractivity (Wildman–Crippen MR) is 173 cm³/mol. The van der Waals surface area contributed by atoms with E-state index in [1.165, 1.54) is 6.42 Å². The number of carbonyl (C=O) groups excluding carboxylic acids is 2. The zero-order valence-corrected chi connectivity index (χ0v) is 28.4. The summed E-state index contributed by atoms with van der Waals surface area (Å²) in [4.78, 5) is 40.3. The average molecular weight is 718 g/mol. The number of nitrogens with zero attached hydrogens (tertiary/aromatic N) is 3. The molecule has 0 radical (unpaired) electrons.